The monoisotopic (exact) mass is 329 g/mol. The Morgan fingerprint density at radius 2 is 2.00 bits per heavy atom. The van der Waals surface area contributed by atoms with Gasteiger partial charge in [-0.3, -0.25) is 4.79 Å². The van der Waals surface area contributed by atoms with Crippen LogP contribution in [0.2, 0.25) is 0 Å². The van der Waals surface area contributed by atoms with E-state index in [0.29, 0.717) is 23.6 Å². The minimum Gasteiger partial charge on any atom is -0.497 e. The van der Waals surface area contributed by atoms with Crippen LogP contribution in [0.5, 0.6) is 11.5 Å². The van der Waals surface area contributed by atoms with Crippen molar-refractivity contribution in [1.29, 1.82) is 0 Å². The van der Waals surface area contributed by atoms with Gasteiger partial charge in [0.25, 0.3) is 5.91 Å². The molecule has 0 fully saturated rings. The molecule has 0 bridgehead atoms. The zero-order valence-electron chi connectivity index (χ0n) is 11.8. The summed E-state index contributed by atoms with van der Waals surface area (Å²) in [5.74, 6) is 1.16. The normalized spacial score (nSPS) is 10.4. The number of carbonyl (C=O) groups excluding carboxylic acids is 1. The number of rotatable bonds is 6. The van der Waals surface area contributed by atoms with Crippen molar-refractivity contribution >= 4 is 21.8 Å². The summed E-state index contributed by atoms with van der Waals surface area (Å²) >= 11 is 3.37. The van der Waals surface area contributed by atoms with Gasteiger partial charge in [0.2, 0.25) is 0 Å². The highest BCUT2D eigenvalue weighted by atomic mass is 79.9. The molecule has 1 rings (SSSR count). The zero-order chi connectivity index (χ0) is 14.4. The van der Waals surface area contributed by atoms with Crippen molar-refractivity contribution in [3.8, 4) is 11.5 Å². The number of amides is 1. The molecule has 0 aliphatic rings. The van der Waals surface area contributed by atoms with Gasteiger partial charge < -0.3 is 14.4 Å². The average molecular weight is 330 g/mol. The third-order valence-corrected chi connectivity index (χ3v) is 3.20. The second kappa shape index (κ2) is 7.38. The first-order valence-corrected chi connectivity index (χ1v) is 7.26. The molecule has 0 spiro atoms. The molecule has 0 saturated carbocycles. The van der Waals surface area contributed by atoms with E-state index in [1.165, 1.54) is 0 Å². The smallest absolute Gasteiger partial charge is 0.258 e. The number of nitrogens with zero attached hydrogens (tertiary/aromatic N) is 1. The van der Waals surface area contributed by atoms with Crippen LogP contribution in [-0.2, 0) is 0 Å². The molecular formula is C14H20BrNO3. The number of benzene rings is 1. The summed E-state index contributed by atoms with van der Waals surface area (Å²) in [6.45, 7) is 4.64. The lowest BCUT2D eigenvalue weighted by atomic mass is 10.1. The molecule has 0 N–H and O–H groups in total. The van der Waals surface area contributed by atoms with E-state index < -0.39 is 0 Å². The Bertz CT molecular complexity index is 435. The second-order valence-electron chi connectivity index (χ2n) is 4.35. The van der Waals surface area contributed by atoms with Crippen LogP contribution in [-0.4, -0.2) is 42.9 Å². The maximum Gasteiger partial charge on any atom is 0.258 e. The number of halogens is 1. The first kappa shape index (κ1) is 15.8. The fourth-order valence-electron chi connectivity index (χ4n) is 1.82. The molecule has 0 unspecified atom stereocenters. The van der Waals surface area contributed by atoms with Gasteiger partial charge in [0.1, 0.15) is 11.5 Å². The average Bonchev–Trinajstić information content (AvgIpc) is 2.42. The first-order valence-electron chi connectivity index (χ1n) is 6.14. The van der Waals surface area contributed by atoms with E-state index in [1.54, 1.807) is 37.3 Å². The highest BCUT2D eigenvalue weighted by molar-refractivity contribution is 9.09. The van der Waals surface area contributed by atoms with Gasteiger partial charge in [0.05, 0.1) is 19.8 Å². The summed E-state index contributed by atoms with van der Waals surface area (Å²) in [4.78, 5) is 14.4. The second-order valence-corrected chi connectivity index (χ2v) is 5.14. The van der Waals surface area contributed by atoms with Crippen LogP contribution in [0.15, 0.2) is 18.2 Å². The van der Waals surface area contributed by atoms with E-state index in [9.17, 15) is 4.79 Å². The van der Waals surface area contributed by atoms with E-state index in [4.69, 9.17) is 9.47 Å². The standard InChI is InChI=1S/C14H20BrNO3/c1-10(2)16(8-7-15)14(17)12-9-11(18-3)5-6-13(12)19-4/h5-6,9-10H,7-8H2,1-4H3. The van der Waals surface area contributed by atoms with E-state index in [0.717, 1.165) is 5.33 Å². The maximum atomic E-state index is 12.6. The number of hydrogen-bond donors (Lipinski definition) is 0. The quantitative estimate of drug-likeness (QED) is 0.753. The lowest BCUT2D eigenvalue weighted by molar-refractivity contribution is 0.0715. The Labute approximate surface area is 122 Å². The van der Waals surface area contributed by atoms with Gasteiger partial charge >= 0.3 is 0 Å². The third kappa shape index (κ3) is 3.86. The van der Waals surface area contributed by atoms with Crippen molar-refractivity contribution in [3.63, 3.8) is 0 Å². The van der Waals surface area contributed by atoms with E-state index >= 15 is 0 Å². The Morgan fingerprint density at radius 3 is 2.47 bits per heavy atom. The Hall–Kier alpha value is -1.23. The van der Waals surface area contributed by atoms with Crippen LogP contribution in [0.25, 0.3) is 0 Å². The molecule has 4 nitrogen and oxygen atoms in total. The van der Waals surface area contributed by atoms with Crippen LogP contribution >= 0.6 is 15.9 Å². The van der Waals surface area contributed by atoms with E-state index in [2.05, 4.69) is 15.9 Å². The third-order valence-electron chi connectivity index (χ3n) is 2.85. The van der Waals surface area contributed by atoms with Crippen LogP contribution in [0, 0.1) is 0 Å². The molecule has 1 amide bonds. The van der Waals surface area contributed by atoms with Crippen molar-refractivity contribution in [1.82, 2.24) is 4.90 Å². The summed E-state index contributed by atoms with van der Waals surface area (Å²) in [5.41, 5.74) is 0.525. The Balaban J connectivity index is 3.14. The molecule has 0 aromatic heterocycles. The minimum absolute atomic E-state index is 0.0507. The SMILES string of the molecule is COc1ccc(OC)c(C(=O)N(CCBr)C(C)C)c1. The number of carbonyl (C=O) groups is 1. The molecular weight excluding hydrogens is 310 g/mol. The molecule has 0 heterocycles. The minimum atomic E-state index is -0.0507. The van der Waals surface area contributed by atoms with E-state index in [-0.39, 0.29) is 11.9 Å². The Kier molecular flexibility index (Phi) is 6.15. The number of ether oxygens (including phenoxy) is 2. The van der Waals surface area contributed by atoms with Gasteiger partial charge in [-0.25, -0.2) is 0 Å². The molecule has 0 aliphatic heterocycles. The molecule has 1 aromatic rings. The molecule has 1 aromatic carbocycles. The summed E-state index contributed by atoms with van der Waals surface area (Å²) in [5, 5.41) is 0.739. The molecule has 19 heavy (non-hydrogen) atoms. The fraction of sp³-hybridized carbons (Fsp3) is 0.500. The van der Waals surface area contributed by atoms with Crippen molar-refractivity contribution in [2.75, 3.05) is 26.1 Å². The molecule has 0 radical (unpaired) electrons. The van der Waals surface area contributed by atoms with Crippen molar-refractivity contribution in [2.45, 2.75) is 19.9 Å². The zero-order valence-corrected chi connectivity index (χ0v) is 13.4. The molecule has 5 heteroatoms. The maximum absolute atomic E-state index is 12.6. The Morgan fingerprint density at radius 1 is 1.32 bits per heavy atom. The largest absolute Gasteiger partial charge is 0.497 e. The van der Waals surface area contributed by atoms with Crippen molar-refractivity contribution < 1.29 is 14.3 Å². The molecule has 0 aliphatic carbocycles. The van der Waals surface area contributed by atoms with Crippen LogP contribution in [0.3, 0.4) is 0 Å². The summed E-state index contributed by atoms with van der Waals surface area (Å²) in [6, 6.07) is 5.37. The highest BCUT2D eigenvalue weighted by Gasteiger charge is 2.22. The van der Waals surface area contributed by atoms with Crippen LogP contribution in [0.4, 0.5) is 0 Å². The summed E-state index contributed by atoms with van der Waals surface area (Å²) in [7, 11) is 3.14. The topological polar surface area (TPSA) is 38.8 Å². The molecule has 0 atom stereocenters. The van der Waals surface area contributed by atoms with Gasteiger partial charge in [-0.05, 0) is 32.0 Å². The van der Waals surface area contributed by atoms with Crippen LogP contribution in [0.1, 0.15) is 24.2 Å². The van der Waals surface area contributed by atoms with Crippen molar-refractivity contribution in [2.24, 2.45) is 0 Å². The van der Waals surface area contributed by atoms with Gasteiger partial charge in [0, 0.05) is 17.9 Å². The van der Waals surface area contributed by atoms with Gasteiger partial charge in [0.15, 0.2) is 0 Å². The predicted octanol–water partition coefficient (Wildman–Crippen LogP) is 2.95. The molecule has 106 valence electrons. The number of alkyl halides is 1. The van der Waals surface area contributed by atoms with Crippen molar-refractivity contribution in [3.05, 3.63) is 23.8 Å². The molecule has 0 saturated heterocycles. The lowest BCUT2D eigenvalue weighted by Crippen LogP contribution is -2.38. The van der Waals surface area contributed by atoms with Crippen LogP contribution < -0.4 is 9.47 Å². The summed E-state index contributed by atoms with van der Waals surface area (Å²) in [6.07, 6.45) is 0. The fourth-order valence-corrected chi connectivity index (χ4v) is 2.20. The number of methoxy groups -OCH3 is 2. The van der Waals surface area contributed by atoms with Gasteiger partial charge in [-0.1, -0.05) is 15.9 Å². The highest BCUT2D eigenvalue weighted by Crippen LogP contribution is 2.25. The predicted molar refractivity (Wildman–Crippen MR) is 79.5 cm³/mol. The summed E-state index contributed by atoms with van der Waals surface area (Å²) < 4.78 is 10.4. The van der Waals surface area contributed by atoms with E-state index in [1.807, 2.05) is 13.8 Å². The number of hydrogen-bond acceptors (Lipinski definition) is 3. The lowest BCUT2D eigenvalue weighted by Gasteiger charge is -2.26. The first-order chi connectivity index (χ1) is 9.04. The van der Waals surface area contributed by atoms with Gasteiger partial charge in [-0.2, -0.15) is 0 Å². The van der Waals surface area contributed by atoms with Gasteiger partial charge in [-0.15, -0.1) is 0 Å².